The van der Waals surface area contributed by atoms with Crippen LogP contribution in [0.4, 0.5) is 0 Å². The molecule has 0 bridgehead atoms. The van der Waals surface area contributed by atoms with Gasteiger partial charge in [0.1, 0.15) is 0 Å². The number of imide groups is 1. The maximum atomic E-state index is 12.0. The predicted molar refractivity (Wildman–Crippen MR) is 94.4 cm³/mol. The van der Waals surface area contributed by atoms with Gasteiger partial charge >= 0.3 is 5.97 Å². The topological polar surface area (TPSA) is 110 Å². The van der Waals surface area contributed by atoms with E-state index in [1.807, 2.05) is 0 Å². The number of ether oxygens (including phenoxy) is 1. The fourth-order valence-electron chi connectivity index (χ4n) is 1.82. The lowest BCUT2D eigenvalue weighted by Gasteiger charge is -2.11. The lowest BCUT2D eigenvalue weighted by molar-refractivity contribution is -0.123. The molecule has 26 heavy (non-hydrogen) atoms. The molecule has 0 fully saturated rings. The van der Waals surface area contributed by atoms with Gasteiger partial charge in [-0.25, -0.2) is 17.5 Å². The van der Waals surface area contributed by atoms with Gasteiger partial charge in [-0.1, -0.05) is 6.07 Å². The summed E-state index contributed by atoms with van der Waals surface area (Å²) in [4.78, 5) is 35.7. The molecule has 0 aliphatic heterocycles. The number of hydrogen-bond donors (Lipinski definition) is 1. The molecule has 1 aromatic carbocycles. The molecular formula is C16H16N2O6S2. The molecule has 10 heteroatoms. The number of sulfonamides is 1. The maximum absolute atomic E-state index is 12.0. The Balaban J connectivity index is 1.91. The van der Waals surface area contributed by atoms with Crippen LogP contribution in [-0.4, -0.2) is 51.2 Å². The fraction of sp³-hybridized carbons (Fsp3) is 0.188. The molecular weight excluding hydrogens is 380 g/mol. The van der Waals surface area contributed by atoms with Crippen LogP contribution in [0.25, 0.3) is 0 Å². The zero-order chi connectivity index (χ0) is 19.3. The van der Waals surface area contributed by atoms with Gasteiger partial charge < -0.3 is 4.74 Å². The summed E-state index contributed by atoms with van der Waals surface area (Å²) in [6, 6.07) is 8.34. The largest absolute Gasteiger partial charge is 0.452 e. The summed E-state index contributed by atoms with van der Waals surface area (Å²) in [5, 5.41) is 3.80. The quantitative estimate of drug-likeness (QED) is 0.733. The lowest BCUT2D eigenvalue weighted by atomic mass is 10.2. The van der Waals surface area contributed by atoms with E-state index in [0.717, 1.165) is 4.31 Å². The molecule has 138 valence electrons. The van der Waals surface area contributed by atoms with Gasteiger partial charge in [-0.15, -0.1) is 11.3 Å². The summed E-state index contributed by atoms with van der Waals surface area (Å²) < 4.78 is 29.8. The minimum absolute atomic E-state index is 0.0262. The molecule has 0 saturated carbocycles. The van der Waals surface area contributed by atoms with Gasteiger partial charge in [0, 0.05) is 14.1 Å². The minimum Gasteiger partial charge on any atom is -0.452 e. The molecule has 1 N–H and O–H groups in total. The van der Waals surface area contributed by atoms with E-state index < -0.39 is 34.4 Å². The average molecular weight is 396 g/mol. The first kappa shape index (κ1) is 19.8. The molecule has 0 spiro atoms. The molecule has 1 heterocycles. The van der Waals surface area contributed by atoms with Crippen LogP contribution in [0, 0.1) is 0 Å². The molecule has 0 aliphatic rings. The molecule has 2 amide bonds. The summed E-state index contributed by atoms with van der Waals surface area (Å²) >= 11 is 1.17. The fourth-order valence-corrected chi connectivity index (χ4v) is 3.34. The number of carbonyl (C=O) groups excluding carboxylic acids is 3. The van der Waals surface area contributed by atoms with Crippen LogP contribution >= 0.6 is 11.3 Å². The van der Waals surface area contributed by atoms with Crippen molar-refractivity contribution in [3.8, 4) is 0 Å². The first-order valence-corrected chi connectivity index (χ1v) is 9.61. The highest BCUT2D eigenvalue weighted by atomic mass is 32.2. The highest BCUT2D eigenvalue weighted by molar-refractivity contribution is 7.89. The number of amides is 2. The Morgan fingerprint density at radius 3 is 2.31 bits per heavy atom. The Labute approximate surface area is 154 Å². The van der Waals surface area contributed by atoms with Crippen molar-refractivity contribution in [3.63, 3.8) is 0 Å². The van der Waals surface area contributed by atoms with E-state index in [9.17, 15) is 22.8 Å². The van der Waals surface area contributed by atoms with Gasteiger partial charge in [-0.05, 0) is 35.7 Å². The number of hydrogen-bond acceptors (Lipinski definition) is 7. The van der Waals surface area contributed by atoms with Crippen molar-refractivity contribution in [2.45, 2.75) is 4.90 Å². The van der Waals surface area contributed by atoms with Crippen LogP contribution in [0.1, 0.15) is 20.0 Å². The minimum atomic E-state index is -3.60. The van der Waals surface area contributed by atoms with Gasteiger partial charge in [0.2, 0.25) is 10.0 Å². The molecule has 1 aromatic heterocycles. The molecule has 2 aromatic rings. The van der Waals surface area contributed by atoms with Gasteiger partial charge in [0.05, 0.1) is 15.3 Å². The third-order valence-electron chi connectivity index (χ3n) is 3.20. The van der Waals surface area contributed by atoms with E-state index in [2.05, 4.69) is 5.32 Å². The van der Waals surface area contributed by atoms with Crippen molar-refractivity contribution >= 4 is 39.1 Å². The summed E-state index contributed by atoms with van der Waals surface area (Å²) in [6.07, 6.45) is 0. The predicted octanol–water partition coefficient (Wildman–Crippen LogP) is 1.11. The van der Waals surface area contributed by atoms with E-state index in [-0.39, 0.29) is 10.5 Å². The summed E-state index contributed by atoms with van der Waals surface area (Å²) in [6.45, 7) is -0.631. The van der Waals surface area contributed by atoms with Crippen molar-refractivity contribution in [2.24, 2.45) is 0 Å². The Bertz CT molecular complexity index is 903. The summed E-state index contributed by atoms with van der Waals surface area (Å²) in [5.74, 6) is -2.14. The van der Waals surface area contributed by atoms with E-state index >= 15 is 0 Å². The highest BCUT2D eigenvalue weighted by Crippen LogP contribution is 2.14. The van der Waals surface area contributed by atoms with Gasteiger partial charge in [-0.3, -0.25) is 14.9 Å². The van der Waals surface area contributed by atoms with Crippen LogP contribution < -0.4 is 5.32 Å². The lowest BCUT2D eigenvalue weighted by Crippen LogP contribution is -2.33. The Morgan fingerprint density at radius 1 is 1.12 bits per heavy atom. The van der Waals surface area contributed by atoms with E-state index in [4.69, 9.17) is 4.74 Å². The molecule has 0 saturated heterocycles. The molecule has 0 unspecified atom stereocenters. The summed E-state index contributed by atoms with van der Waals surface area (Å²) in [5.41, 5.74) is 0.0834. The highest BCUT2D eigenvalue weighted by Gasteiger charge is 2.18. The van der Waals surface area contributed by atoms with Crippen LogP contribution in [0.5, 0.6) is 0 Å². The van der Waals surface area contributed by atoms with Crippen LogP contribution in [0.3, 0.4) is 0 Å². The number of benzene rings is 1. The Hall–Kier alpha value is -2.56. The van der Waals surface area contributed by atoms with Crippen LogP contribution in [-0.2, 0) is 19.6 Å². The van der Waals surface area contributed by atoms with Gasteiger partial charge in [0.25, 0.3) is 11.8 Å². The van der Waals surface area contributed by atoms with E-state index in [1.165, 1.54) is 49.7 Å². The van der Waals surface area contributed by atoms with Crippen molar-refractivity contribution < 1.29 is 27.5 Å². The van der Waals surface area contributed by atoms with Crippen molar-refractivity contribution in [1.29, 1.82) is 0 Å². The Kier molecular flexibility index (Phi) is 6.24. The SMILES string of the molecule is CN(C)S(=O)(=O)c1ccc(C(=O)OCC(=O)NC(=O)c2cccs2)cc1. The second-order valence-electron chi connectivity index (χ2n) is 5.24. The monoisotopic (exact) mass is 396 g/mol. The maximum Gasteiger partial charge on any atom is 0.338 e. The van der Waals surface area contributed by atoms with E-state index in [1.54, 1.807) is 17.5 Å². The third kappa shape index (κ3) is 4.75. The molecule has 0 atom stereocenters. The number of nitrogens with zero attached hydrogens (tertiary/aromatic N) is 1. The second kappa shape index (κ2) is 8.21. The molecule has 0 radical (unpaired) electrons. The van der Waals surface area contributed by atoms with Crippen molar-refractivity contribution in [3.05, 3.63) is 52.2 Å². The average Bonchev–Trinajstić information content (AvgIpc) is 3.14. The third-order valence-corrected chi connectivity index (χ3v) is 5.90. The van der Waals surface area contributed by atoms with Crippen LogP contribution in [0.2, 0.25) is 0 Å². The number of thiophene rings is 1. The smallest absolute Gasteiger partial charge is 0.338 e. The van der Waals surface area contributed by atoms with Gasteiger partial charge in [-0.2, -0.15) is 0 Å². The first-order valence-electron chi connectivity index (χ1n) is 7.29. The van der Waals surface area contributed by atoms with Crippen molar-refractivity contribution in [1.82, 2.24) is 9.62 Å². The number of esters is 1. The number of rotatable bonds is 6. The Morgan fingerprint density at radius 2 is 1.77 bits per heavy atom. The number of carbonyl (C=O) groups is 3. The standard InChI is InChI=1S/C16H16N2O6S2/c1-18(2)26(22,23)12-7-5-11(6-8-12)16(21)24-10-14(19)17-15(20)13-4-3-9-25-13/h3-9H,10H2,1-2H3,(H,17,19,20). The zero-order valence-electron chi connectivity index (χ0n) is 14.0. The molecule has 8 nitrogen and oxygen atoms in total. The number of nitrogens with one attached hydrogen (secondary N) is 1. The summed E-state index contributed by atoms with van der Waals surface area (Å²) in [7, 11) is -0.807. The second-order valence-corrected chi connectivity index (χ2v) is 8.34. The van der Waals surface area contributed by atoms with Gasteiger partial charge in [0.15, 0.2) is 6.61 Å². The first-order chi connectivity index (χ1) is 12.2. The normalized spacial score (nSPS) is 11.2. The zero-order valence-corrected chi connectivity index (χ0v) is 15.6. The van der Waals surface area contributed by atoms with E-state index in [0.29, 0.717) is 4.88 Å². The molecule has 0 aliphatic carbocycles. The van der Waals surface area contributed by atoms with Crippen molar-refractivity contribution in [2.75, 3.05) is 20.7 Å². The van der Waals surface area contributed by atoms with Crippen LogP contribution in [0.15, 0.2) is 46.7 Å². The molecule has 2 rings (SSSR count).